The molecule has 0 spiro atoms. The van der Waals surface area contributed by atoms with Gasteiger partial charge in [-0.1, -0.05) is 60.7 Å². The Kier molecular flexibility index (Phi) is 5.66. The Labute approximate surface area is 158 Å². The summed E-state index contributed by atoms with van der Waals surface area (Å²) in [6.07, 6.45) is 0.111. The summed E-state index contributed by atoms with van der Waals surface area (Å²) < 4.78 is 0. The van der Waals surface area contributed by atoms with E-state index in [0.29, 0.717) is 0 Å². The molecule has 0 bridgehead atoms. The topological polar surface area (TPSA) is 69.7 Å². The molecule has 0 aromatic heterocycles. The fraction of sp³-hybridized carbons (Fsp3) is 0.286. The van der Waals surface area contributed by atoms with Crippen molar-refractivity contribution in [3.05, 3.63) is 71.8 Å². The highest BCUT2D eigenvalue weighted by Gasteiger charge is 2.39. The molecule has 2 aromatic rings. The van der Waals surface area contributed by atoms with Crippen molar-refractivity contribution in [3.63, 3.8) is 0 Å². The summed E-state index contributed by atoms with van der Waals surface area (Å²) in [5, 5.41) is 3.05. The molecule has 1 saturated heterocycles. The molecule has 6 nitrogen and oxygen atoms in total. The van der Waals surface area contributed by atoms with Crippen molar-refractivity contribution < 1.29 is 14.4 Å². The van der Waals surface area contributed by atoms with E-state index in [-0.39, 0.29) is 36.7 Å². The highest BCUT2D eigenvalue weighted by atomic mass is 16.2. The average molecular weight is 365 g/mol. The van der Waals surface area contributed by atoms with Crippen LogP contribution in [0.25, 0.3) is 0 Å². The Hall–Kier alpha value is -2.99. The van der Waals surface area contributed by atoms with E-state index in [1.54, 1.807) is 11.9 Å². The van der Waals surface area contributed by atoms with Crippen LogP contribution in [0.5, 0.6) is 0 Å². The minimum absolute atomic E-state index is 0.0354. The van der Waals surface area contributed by atoms with Gasteiger partial charge in [0.1, 0.15) is 0 Å². The van der Waals surface area contributed by atoms with Gasteiger partial charge >= 0.3 is 0 Å². The molecule has 1 heterocycles. The summed E-state index contributed by atoms with van der Waals surface area (Å²) >= 11 is 0. The largest absolute Gasteiger partial charge is 0.344 e. The second kappa shape index (κ2) is 8.14. The summed E-state index contributed by atoms with van der Waals surface area (Å²) in [4.78, 5) is 39.3. The molecule has 140 valence electrons. The minimum Gasteiger partial charge on any atom is -0.344 e. The van der Waals surface area contributed by atoms with E-state index < -0.39 is 6.04 Å². The zero-order chi connectivity index (χ0) is 19.4. The van der Waals surface area contributed by atoms with Crippen molar-refractivity contribution in [2.75, 3.05) is 20.6 Å². The molecule has 0 radical (unpaired) electrons. The van der Waals surface area contributed by atoms with Crippen LogP contribution in [-0.4, -0.2) is 54.2 Å². The number of nitrogens with zero attached hydrogens (tertiary/aromatic N) is 2. The first-order chi connectivity index (χ1) is 13.0. The summed E-state index contributed by atoms with van der Waals surface area (Å²) in [6, 6.07) is 18.6. The molecule has 3 rings (SSSR count). The van der Waals surface area contributed by atoms with Crippen LogP contribution in [0, 0.1) is 0 Å². The van der Waals surface area contributed by atoms with Crippen molar-refractivity contribution in [1.82, 2.24) is 15.1 Å². The van der Waals surface area contributed by atoms with E-state index in [9.17, 15) is 14.4 Å². The van der Waals surface area contributed by atoms with Crippen molar-refractivity contribution in [3.8, 4) is 0 Å². The summed E-state index contributed by atoms with van der Waals surface area (Å²) in [7, 11) is 3.16. The number of carbonyl (C=O) groups is 3. The zero-order valence-corrected chi connectivity index (χ0v) is 15.5. The molecule has 27 heavy (non-hydrogen) atoms. The van der Waals surface area contributed by atoms with Crippen LogP contribution in [0.4, 0.5) is 0 Å². The maximum absolute atomic E-state index is 12.7. The lowest BCUT2D eigenvalue weighted by Gasteiger charge is -2.24. The molecule has 6 heteroatoms. The van der Waals surface area contributed by atoms with Crippen molar-refractivity contribution in [2.24, 2.45) is 0 Å². The van der Waals surface area contributed by atoms with Gasteiger partial charge in [-0.15, -0.1) is 0 Å². The van der Waals surface area contributed by atoms with Crippen LogP contribution in [0.1, 0.15) is 23.6 Å². The smallest absolute Gasteiger partial charge is 0.246 e. The summed E-state index contributed by atoms with van der Waals surface area (Å²) in [6.45, 7) is 0.0354. The number of amides is 3. The standard InChI is InChI=1S/C21H23N3O3/c1-23(17-13-19(26)24(2)21(17)27)14-18(25)22-20(15-9-5-3-6-10-15)16-11-7-4-8-12-16/h3-12,17,20H,13-14H2,1-2H3,(H,22,25). The predicted molar refractivity (Wildman–Crippen MR) is 102 cm³/mol. The summed E-state index contributed by atoms with van der Waals surface area (Å²) in [5.74, 6) is -0.688. The summed E-state index contributed by atoms with van der Waals surface area (Å²) in [5.41, 5.74) is 1.96. The monoisotopic (exact) mass is 365 g/mol. The number of benzene rings is 2. The molecule has 0 saturated carbocycles. The van der Waals surface area contributed by atoms with Gasteiger partial charge in [-0.2, -0.15) is 0 Å². The third-order valence-corrected chi connectivity index (χ3v) is 4.85. The maximum atomic E-state index is 12.7. The first kappa shape index (κ1) is 18.8. The van der Waals surface area contributed by atoms with Gasteiger partial charge < -0.3 is 5.32 Å². The van der Waals surface area contributed by atoms with Gasteiger partial charge in [0.25, 0.3) is 0 Å². The van der Waals surface area contributed by atoms with Crippen LogP contribution in [0.15, 0.2) is 60.7 Å². The highest BCUT2D eigenvalue weighted by Crippen LogP contribution is 2.22. The molecule has 1 aliphatic heterocycles. The second-order valence-electron chi connectivity index (χ2n) is 6.75. The van der Waals surface area contributed by atoms with E-state index in [4.69, 9.17) is 0 Å². The fourth-order valence-electron chi connectivity index (χ4n) is 3.27. The van der Waals surface area contributed by atoms with Crippen LogP contribution >= 0.6 is 0 Å². The third-order valence-electron chi connectivity index (χ3n) is 4.85. The first-order valence-electron chi connectivity index (χ1n) is 8.87. The van der Waals surface area contributed by atoms with Crippen LogP contribution in [0.3, 0.4) is 0 Å². The predicted octanol–water partition coefficient (Wildman–Crippen LogP) is 1.58. The van der Waals surface area contributed by atoms with Gasteiger partial charge in [0.15, 0.2) is 0 Å². The van der Waals surface area contributed by atoms with Gasteiger partial charge in [0.05, 0.1) is 25.0 Å². The number of hydrogen-bond donors (Lipinski definition) is 1. The molecule has 1 atom stereocenters. The normalized spacial score (nSPS) is 17.0. The van der Waals surface area contributed by atoms with E-state index in [1.165, 1.54) is 7.05 Å². The molecular weight excluding hydrogens is 342 g/mol. The molecule has 0 aliphatic carbocycles. The average Bonchev–Trinajstić information content (AvgIpc) is 2.95. The Morgan fingerprint density at radius 2 is 1.59 bits per heavy atom. The zero-order valence-electron chi connectivity index (χ0n) is 15.5. The molecule has 1 aliphatic rings. The van der Waals surface area contributed by atoms with Gasteiger partial charge in [-0.3, -0.25) is 24.2 Å². The molecule has 2 aromatic carbocycles. The number of imide groups is 1. The number of nitrogens with one attached hydrogen (secondary N) is 1. The number of likely N-dealkylation sites (tertiary alicyclic amines) is 1. The van der Waals surface area contributed by atoms with Gasteiger partial charge in [-0.05, 0) is 18.2 Å². The highest BCUT2D eigenvalue weighted by molar-refractivity contribution is 6.05. The molecular formula is C21H23N3O3. The molecule has 1 fully saturated rings. The number of rotatable bonds is 6. The van der Waals surface area contributed by atoms with Crippen molar-refractivity contribution in [2.45, 2.75) is 18.5 Å². The van der Waals surface area contributed by atoms with E-state index in [2.05, 4.69) is 5.32 Å². The fourth-order valence-corrected chi connectivity index (χ4v) is 3.27. The lowest BCUT2D eigenvalue weighted by molar-refractivity contribution is -0.137. The Balaban J connectivity index is 1.72. The van der Waals surface area contributed by atoms with Crippen LogP contribution in [0.2, 0.25) is 0 Å². The first-order valence-corrected chi connectivity index (χ1v) is 8.87. The van der Waals surface area contributed by atoms with E-state index in [1.807, 2.05) is 60.7 Å². The lowest BCUT2D eigenvalue weighted by Crippen LogP contribution is -2.44. The Morgan fingerprint density at radius 3 is 2.04 bits per heavy atom. The number of carbonyl (C=O) groups excluding carboxylic acids is 3. The van der Waals surface area contributed by atoms with E-state index in [0.717, 1.165) is 16.0 Å². The van der Waals surface area contributed by atoms with Gasteiger partial charge in [0.2, 0.25) is 17.7 Å². The lowest BCUT2D eigenvalue weighted by atomic mass is 9.98. The Bertz CT molecular complexity index is 784. The van der Waals surface area contributed by atoms with E-state index >= 15 is 0 Å². The quantitative estimate of drug-likeness (QED) is 0.789. The van der Waals surface area contributed by atoms with Crippen molar-refractivity contribution >= 4 is 17.7 Å². The van der Waals surface area contributed by atoms with Crippen LogP contribution in [-0.2, 0) is 14.4 Å². The maximum Gasteiger partial charge on any atom is 0.246 e. The van der Waals surface area contributed by atoms with Crippen molar-refractivity contribution in [1.29, 1.82) is 0 Å². The third kappa shape index (κ3) is 4.23. The SMILES string of the molecule is CN1C(=O)CC(N(C)CC(=O)NC(c2ccccc2)c2ccccc2)C1=O. The molecule has 3 amide bonds. The Morgan fingerprint density at radius 1 is 1.07 bits per heavy atom. The van der Waals surface area contributed by atoms with Gasteiger partial charge in [0, 0.05) is 7.05 Å². The van der Waals surface area contributed by atoms with Gasteiger partial charge in [-0.25, -0.2) is 0 Å². The molecule has 1 N–H and O–H groups in total. The molecule has 1 unspecified atom stereocenters. The number of hydrogen-bond acceptors (Lipinski definition) is 4. The second-order valence-corrected chi connectivity index (χ2v) is 6.75. The minimum atomic E-state index is -0.583. The number of likely N-dealkylation sites (N-methyl/N-ethyl adjacent to an activating group) is 2. The van der Waals surface area contributed by atoms with Crippen LogP contribution < -0.4 is 5.32 Å².